The summed E-state index contributed by atoms with van der Waals surface area (Å²) in [6, 6.07) is 8.32. The van der Waals surface area contributed by atoms with E-state index in [-0.39, 0.29) is 23.3 Å². The van der Waals surface area contributed by atoms with Crippen molar-refractivity contribution in [3.05, 3.63) is 24.3 Å². The summed E-state index contributed by atoms with van der Waals surface area (Å²) >= 11 is 0. The molecular weight excluding hydrogens is 368 g/mol. The van der Waals surface area contributed by atoms with Crippen molar-refractivity contribution >= 4 is 32.9 Å². The molecule has 1 aromatic carbocycles. The zero-order valence-corrected chi connectivity index (χ0v) is 16.0. The Morgan fingerprint density at radius 1 is 1.22 bits per heavy atom. The third-order valence-electron chi connectivity index (χ3n) is 5.21. The predicted molar refractivity (Wildman–Crippen MR) is 102 cm³/mol. The van der Waals surface area contributed by atoms with E-state index in [9.17, 15) is 13.2 Å². The average molecular weight is 392 g/mol. The molecule has 1 N–H and O–H groups in total. The number of rotatable bonds is 5. The van der Waals surface area contributed by atoms with Crippen LogP contribution in [0.25, 0.3) is 11.1 Å². The van der Waals surface area contributed by atoms with Gasteiger partial charge < -0.3 is 14.6 Å². The lowest BCUT2D eigenvalue weighted by atomic mass is 10.1. The average Bonchev–Trinajstić information content (AvgIpc) is 3.23. The van der Waals surface area contributed by atoms with Gasteiger partial charge in [-0.1, -0.05) is 12.1 Å². The molecule has 8 nitrogen and oxygen atoms in total. The third-order valence-corrected chi connectivity index (χ3v) is 7.04. The van der Waals surface area contributed by atoms with Crippen molar-refractivity contribution in [2.75, 3.05) is 55.7 Å². The lowest BCUT2D eigenvalue weighted by Crippen LogP contribution is -2.50. The van der Waals surface area contributed by atoms with Crippen LogP contribution in [0.2, 0.25) is 0 Å². The first-order valence-electron chi connectivity index (χ1n) is 9.28. The lowest BCUT2D eigenvalue weighted by Gasteiger charge is -2.33. The Labute approximate surface area is 158 Å². The highest BCUT2D eigenvalue weighted by molar-refractivity contribution is 7.91. The van der Waals surface area contributed by atoms with Gasteiger partial charge in [0.05, 0.1) is 18.1 Å². The molecule has 0 spiro atoms. The zero-order chi connectivity index (χ0) is 18.9. The highest BCUT2D eigenvalue weighted by Crippen LogP contribution is 2.22. The Balaban J connectivity index is 1.22. The first-order valence-corrected chi connectivity index (χ1v) is 11.1. The van der Waals surface area contributed by atoms with Crippen molar-refractivity contribution in [3.63, 3.8) is 0 Å². The van der Waals surface area contributed by atoms with Crippen molar-refractivity contribution in [1.82, 2.24) is 15.2 Å². The summed E-state index contributed by atoms with van der Waals surface area (Å²) in [7, 11) is -2.89. The smallest absolute Gasteiger partial charge is 0.298 e. The fraction of sp³-hybridized carbons (Fsp3) is 0.556. The van der Waals surface area contributed by atoms with Crippen LogP contribution < -0.4 is 10.2 Å². The number of aromatic nitrogens is 1. The molecule has 1 atom stereocenters. The quantitative estimate of drug-likeness (QED) is 0.792. The second kappa shape index (κ2) is 7.47. The van der Waals surface area contributed by atoms with Gasteiger partial charge in [0.2, 0.25) is 5.91 Å². The lowest BCUT2D eigenvalue weighted by molar-refractivity contribution is -0.122. The first kappa shape index (κ1) is 18.2. The normalized spacial score (nSPS) is 23.0. The molecule has 2 aliphatic rings. The summed E-state index contributed by atoms with van der Waals surface area (Å²) in [5.74, 6) is 0.437. The van der Waals surface area contributed by atoms with Gasteiger partial charge in [0.1, 0.15) is 5.52 Å². The molecule has 2 aromatic rings. The number of fused-ring (bicyclic) bond motifs is 1. The van der Waals surface area contributed by atoms with E-state index in [1.807, 2.05) is 24.3 Å². The number of hydrogen-bond donors (Lipinski definition) is 1. The van der Waals surface area contributed by atoms with Crippen LogP contribution in [-0.4, -0.2) is 75.0 Å². The number of amides is 1. The molecule has 27 heavy (non-hydrogen) atoms. The van der Waals surface area contributed by atoms with E-state index in [1.165, 1.54) is 0 Å². The Morgan fingerprint density at radius 3 is 2.70 bits per heavy atom. The monoisotopic (exact) mass is 392 g/mol. The van der Waals surface area contributed by atoms with E-state index in [0.29, 0.717) is 25.5 Å². The van der Waals surface area contributed by atoms with Crippen LogP contribution >= 0.6 is 0 Å². The number of oxazole rings is 1. The van der Waals surface area contributed by atoms with Crippen molar-refractivity contribution in [2.24, 2.45) is 5.92 Å². The number of nitrogens with one attached hydrogen (secondary N) is 1. The van der Waals surface area contributed by atoms with Crippen LogP contribution in [0, 0.1) is 5.92 Å². The molecule has 1 unspecified atom stereocenters. The molecule has 0 saturated carbocycles. The fourth-order valence-electron chi connectivity index (χ4n) is 3.64. The Bertz CT molecular complexity index is 885. The Kier molecular flexibility index (Phi) is 5.05. The van der Waals surface area contributed by atoms with Crippen LogP contribution in [0.3, 0.4) is 0 Å². The highest BCUT2D eigenvalue weighted by atomic mass is 32.2. The van der Waals surface area contributed by atoms with Gasteiger partial charge in [0.15, 0.2) is 15.4 Å². The molecule has 0 aliphatic carbocycles. The third kappa shape index (κ3) is 4.41. The SMILES string of the molecule is O=C(CN1CCN(c2nc3ccccc3o2)CC1)NCC1CCS(=O)(=O)C1. The van der Waals surface area contributed by atoms with E-state index in [2.05, 4.69) is 20.1 Å². The topological polar surface area (TPSA) is 95.8 Å². The van der Waals surface area contributed by atoms with Crippen molar-refractivity contribution < 1.29 is 17.6 Å². The number of anilines is 1. The van der Waals surface area contributed by atoms with E-state index < -0.39 is 9.84 Å². The molecule has 4 rings (SSSR count). The molecule has 1 amide bonds. The predicted octanol–water partition coefficient (Wildman–Crippen LogP) is 0.501. The van der Waals surface area contributed by atoms with E-state index in [1.54, 1.807) is 0 Å². The van der Waals surface area contributed by atoms with E-state index >= 15 is 0 Å². The number of sulfone groups is 1. The number of carbonyl (C=O) groups excluding carboxylic acids is 1. The van der Waals surface area contributed by atoms with Gasteiger partial charge in [-0.15, -0.1) is 0 Å². The van der Waals surface area contributed by atoms with Crippen LogP contribution in [0.4, 0.5) is 6.01 Å². The van der Waals surface area contributed by atoms with Gasteiger partial charge in [-0.05, 0) is 24.5 Å². The maximum absolute atomic E-state index is 12.2. The summed E-state index contributed by atoms with van der Waals surface area (Å²) in [6.45, 7) is 3.79. The minimum Gasteiger partial charge on any atom is -0.423 e. The number of para-hydroxylation sites is 2. The number of nitrogens with zero attached hydrogens (tertiary/aromatic N) is 3. The number of hydrogen-bond acceptors (Lipinski definition) is 7. The number of benzene rings is 1. The first-order chi connectivity index (χ1) is 13.0. The maximum Gasteiger partial charge on any atom is 0.298 e. The largest absolute Gasteiger partial charge is 0.423 e. The van der Waals surface area contributed by atoms with Crippen molar-refractivity contribution in [1.29, 1.82) is 0 Å². The van der Waals surface area contributed by atoms with Gasteiger partial charge in [-0.2, -0.15) is 4.98 Å². The van der Waals surface area contributed by atoms with Gasteiger partial charge >= 0.3 is 0 Å². The van der Waals surface area contributed by atoms with Gasteiger partial charge in [-0.25, -0.2) is 8.42 Å². The standard InChI is InChI=1S/C18H24N4O4S/c23-17(19-11-14-5-10-27(24,25)13-14)12-21-6-8-22(9-7-21)18-20-15-3-1-2-4-16(15)26-18/h1-4,14H,5-13H2,(H,19,23). The minimum atomic E-state index is -2.89. The van der Waals surface area contributed by atoms with Gasteiger partial charge in [0.25, 0.3) is 6.01 Å². The van der Waals surface area contributed by atoms with E-state index in [0.717, 1.165) is 37.3 Å². The minimum absolute atomic E-state index is 0.0467. The molecule has 0 bridgehead atoms. The molecule has 2 aliphatic heterocycles. The van der Waals surface area contributed by atoms with Crippen LogP contribution in [-0.2, 0) is 14.6 Å². The second-order valence-electron chi connectivity index (χ2n) is 7.30. The summed E-state index contributed by atoms with van der Waals surface area (Å²) in [6.07, 6.45) is 0.645. The van der Waals surface area contributed by atoms with Crippen molar-refractivity contribution in [3.8, 4) is 0 Å². The number of carbonyl (C=O) groups is 1. The molecule has 0 radical (unpaired) electrons. The van der Waals surface area contributed by atoms with E-state index in [4.69, 9.17) is 4.42 Å². The molecular formula is C18H24N4O4S. The Hall–Kier alpha value is -2.13. The summed E-state index contributed by atoms with van der Waals surface area (Å²) in [4.78, 5) is 20.9. The van der Waals surface area contributed by atoms with Crippen LogP contribution in [0.15, 0.2) is 28.7 Å². The molecule has 146 valence electrons. The van der Waals surface area contributed by atoms with Gasteiger partial charge in [0, 0.05) is 32.7 Å². The van der Waals surface area contributed by atoms with Crippen molar-refractivity contribution in [2.45, 2.75) is 6.42 Å². The van der Waals surface area contributed by atoms with Crippen LogP contribution in [0.5, 0.6) is 0 Å². The maximum atomic E-state index is 12.2. The molecule has 3 heterocycles. The fourth-order valence-corrected chi connectivity index (χ4v) is 5.50. The molecule has 2 saturated heterocycles. The summed E-state index contributed by atoms with van der Waals surface area (Å²) in [5, 5.41) is 2.88. The summed E-state index contributed by atoms with van der Waals surface area (Å²) in [5.41, 5.74) is 1.63. The number of piperazine rings is 1. The van der Waals surface area contributed by atoms with Gasteiger partial charge in [-0.3, -0.25) is 9.69 Å². The Morgan fingerprint density at radius 2 is 2.00 bits per heavy atom. The molecule has 2 fully saturated rings. The second-order valence-corrected chi connectivity index (χ2v) is 9.53. The highest BCUT2D eigenvalue weighted by Gasteiger charge is 2.28. The molecule has 9 heteroatoms. The molecule has 1 aromatic heterocycles. The zero-order valence-electron chi connectivity index (χ0n) is 15.1. The van der Waals surface area contributed by atoms with Crippen LogP contribution in [0.1, 0.15) is 6.42 Å². The summed E-state index contributed by atoms with van der Waals surface area (Å²) < 4.78 is 28.7.